The summed E-state index contributed by atoms with van der Waals surface area (Å²) in [4.78, 5) is 48.0. The summed E-state index contributed by atoms with van der Waals surface area (Å²) in [7, 11) is 1.08. The molecule has 0 saturated heterocycles. The van der Waals surface area contributed by atoms with E-state index in [1.54, 1.807) is 30.3 Å². The highest BCUT2D eigenvalue weighted by Gasteiger charge is 2.31. The van der Waals surface area contributed by atoms with Crippen molar-refractivity contribution >= 4 is 23.6 Å². The Labute approximate surface area is 176 Å². The van der Waals surface area contributed by atoms with Gasteiger partial charge in [0.1, 0.15) is 12.1 Å². The van der Waals surface area contributed by atoms with Gasteiger partial charge in [0.2, 0.25) is 5.91 Å². The first-order valence-electron chi connectivity index (χ1n) is 9.70. The monoisotopic (exact) mass is 421 g/mol. The van der Waals surface area contributed by atoms with Gasteiger partial charge in [-0.25, -0.2) is 10.2 Å². The summed E-state index contributed by atoms with van der Waals surface area (Å²) in [6.07, 6.45) is 0.357. The fourth-order valence-corrected chi connectivity index (χ4v) is 2.59. The van der Waals surface area contributed by atoms with Gasteiger partial charge < -0.3 is 15.2 Å². The lowest BCUT2D eigenvalue weighted by atomic mass is 9.92. The van der Waals surface area contributed by atoms with Crippen LogP contribution in [0.1, 0.15) is 39.2 Å². The largest absolute Gasteiger partial charge is 0.481 e. The number of ketones is 1. The predicted molar refractivity (Wildman–Crippen MR) is 110 cm³/mol. The highest BCUT2D eigenvalue weighted by Crippen LogP contribution is 2.16. The molecule has 0 radical (unpaired) electrons. The third kappa shape index (κ3) is 9.62. The van der Waals surface area contributed by atoms with Crippen molar-refractivity contribution in [3.63, 3.8) is 0 Å². The molecule has 0 heterocycles. The number of hydrazine groups is 1. The fraction of sp³-hybridized carbons (Fsp3) is 0.524. The van der Waals surface area contributed by atoms with Gasteiger partial charge in [-0.1, -0.05) is 51.1 Å². The molecule has 0 saturated carbocycles. The summed E-state index contributed by atoms with van der Waals surface area (Å²) in [5.74, 6) is -3.88. The number of carbonyl (C=O) groups is 4. The lowest BCUT2D eigenvalue weighted by Gasteiger charge is -2.23. The molecule has 0 aliphatic carbocycles. The van der Waals surface area contributed by atoms with E-state index in [1.807, 2.05) is 0 Å². The molecule has 9 nitrogen and oxygen atoms in total. The third-order valence-electron chi connectivity index (χ3n) is 4.27. The van der Waals surface area contributed by atoms with Crippen molar-refractivity contribution in [3.05, 3.63) is 35.9 Å². The van der Waals surface area contributed by atoms with Crippen molar-refractivity contribution < 1.29 is 29.0 Å². The van der Waals surface area contributed by atoms with Gasteiger partial charge in [0.15, 0.2) is 0 Å². The second-order valence-electron chi connectivity index (χ2n) is 8.14. The topological polar surface area (TPSA) is 134 Å². The van der Waals surface area contributed by atoms with E-state index in [0.29, 0.717) is 6.54 Å². The van der Waals surface area contributed by atoms with E-state index >= 15 is 0 Å². The quantitative estimate of drug-likeness (QED) is 0.169. The number of esters is 1. The zero-order valence-corrected chi connectivity index (χ0v) is 17.9. The van der Waals surface area contributed by atoms with Crippen molar-refractivity contribution in [1.29, 1.82) is 0 Å². The number of hydrogen-bond donors (Lipinski definition) is 4. The molecule has 4 N–H and O–H groups in total. The molecule has 30 heavy (non-hydrogen) atoms. The van der Waals surface area contributed by atoms with Crippen LogP contribution in [0.15, 0.2) is 30.3 Å². The highest BCUT2D eigenvalue weighted by atomic mass is 16.5. The van der Waals surface area contributed by atoms with E-state index in [1.165, 1.54) is 0 Å². The smallest absolute Gasteiger partial charge is 0.376 e. The molecule has 1 aromatic rings. The van der Waals surface area contributed by atoms with Crippen molar-refractivity contribution in [3.8, 4) is 0 Å². The van der Waals surface area contributed by atoms with Crippen LogP contribution in [0.2, 0.25) is 0 Å². The minimum absolute atomic E-state index is 0.0624. The maximum absolute atomic E-state index is 12.7. The van der Waals surface area contributed by atoms with Gasteiger partial charge in [-0.3, -0.25) is 19.8 Å². The van der Waals surface area contributed by atoms with Crippen LogP contribution in [-0.4, -0.2) is 54.5 Å². The molecule has 1 aromatic carbocycles. The molecule has 9 heteroatoms. The molecular formula is C21H31N3O6. The minimum atomic E-state index is -1.18. The van der Waals surface area contributed by atoms with Gasteiger partial charge in [0, 0.05) is 13.0 Å². The van der Waals surface area contributed by atoms with Crippen molar-refractivity contribution in [2.45, 2.75) is 52.1 Å². The van der Waals surface area contributed by atoms with Gasteiger partial charge in [-0.05, 0) is 17.4 Å². The molecule has 0 aliphatic rings. The van der Waals surface area contributed by atoms with Gasteiger partial charge in [-0.2, -0.15) is 0 Å². The zero-order valence-electron chi connectivity index (χ0n) is 17.9. The van der Waals surface area contributed by atoms with Gasteiger partial charge in [0.05, 0.1) is 13.5 Å². The number of rotatable bonds is 12. The lowest BCUT2D eigenvalue weighted by Crippen LogP contribution is -2.55. The first-order chi connectivity index (χ1) is 14.0. The van der Waals surface area contributed by atoms with Crippen LogP contribution in [0, 0.1) is 5.41 Å². The van der Waals surface area contributed by atoms with Crippen molar-refractivity contribution in [1.82, 2.24) is 16.2 Å². The van der Waals surface area contributed by atoms with Gasteiger partial charge in [-0.15, -0.1) is 0 Å². The Bertz CT molecular complexity index is 730. The molecule has 2 atom stereocenters. The van der Waals surface area contributed by atoms with E-state index in [2.05, 4.69) is 41.7 Å². The molecule has 1 rings (SSSR count). The van der Waals surface area contributed by atoms with Gasteiger partial charge >= 0.3 is 11.9 Å². The molecule has 0 spiro atoms. The summed E-state index contributed by atoms with van der Waals surface area (Å²) in [5, 5.41) is 11.6. The number of nitrogens with one attached hydrogen (secondary N) is 3. The van der Waals surface area contributed by atoms with E-state index in [4.69, 9.17) is 5.11 Å². The number of amides is 1. The second-order valence-corrected chi connectivity index (χ2v) is 8.14. The summed E-state index contributed by atoms with van der Waals surface area (Å²) < 4.78 is 4.49. The summed E-state index contributed by atoms with van der Waals surface area (Å²) >= 11 is 0. The predicted octanol–water partition coefficient (Wildman–Crippen LogP) is 0.830. The second kappa shape index (κ2) is 12.0. The Kier molecular flexibility index (Phi) is 10.1. The maximum Gasteiger partial charge on any atom is 0.376 e. The average Bonchev–Trinajstić information content (AvgIpc) is 2.68. The number of carbonyl (C=O) groups excluding carboxylic acids is 3. The van der Waals surface area contributed by atoms with Crippen molar-refractivity contribution in [2.75, 3.05) is 13.7 Å². The van der Waals surface area contributed by atoms with Crippen LogP contribution in [0.25, 0.3) is 0 Å². The normalized spacial score (nSPS) is 13.2. The summed E-state index contributed by atoms with van der Waals surface area (Å²) in [6, 6.07) is 6.53. The molecule has 0 bridgehead atoms. The van der Waals surface area contributed by atoms with Crippen LogP contribution in [-0.2, 0) is 30.3 Å². The fourth-order valence-electron chi connectivity index (χ4n) is 2.59. The number of aliphatic carboxylic acids is 1. The SMILES string of the molecule is COC(=O)C(=O)[C@H](Cc1ccccc1)NC(=O)[C@H](CC(=O)O)NNCCC(C)(C)C. The Morgan fingerprint density at radius 2 is 1.70 bits per heavy atom. The highest BCUT2D eigenvalue weighted by molar-refractivity contribution is 6.36. The minimum Gasteiger partial charge on any atom is -0.481 e. The number of methoxy groups -OCH3 is 1. The molecule has 1 amide bonds. The van der Waals surface area contributed by atoms with E-state index in [-0.39, 0.29) is 11.8 Å². The lowest BCUT2D eigenvalue weighted by molar-refractivity contribution is -0.153. The summed E-state index contributed by atoms with van der Waals surface area (Å²) in [5.41, 5.74) is 6.36. The molecule has 0 unspecified atom stereocenters. The molecule has 0 fully saturated rings. The van der Waals surface area contributed by atoms with Crippen LogP contribution in [0.4, 0.5) is 0 Å². The zero-order chi connectivity index (χ0) is 22.7. The number of carboxylic acid groups (broad SMARTS) is 1. The van der Waals surface area contributed by atoms with Gasteiger partial charge in [0.25, 0.3) is 5.78 Å². The van der Waals surface area contributed by atoms with Crippen LogP contribution in [0.5, 0.6) is 0 Å². The third-order valence-corrected chi connectivity index (χ3v) is 4.27. The number of benzene rings is 1. The van der Waals surface area contributed by atoms with Crippen LogP contribution >= 0.6 is 0 Å². The summed E-state index contributed by atoms with van der Waals surface area (Å²) in [6.45, 7) is 6.69. The Balaban J connectivity index is 2.87. The van der Waals surface area contributed by atoms with E-state index in [0.717, 1.165) is 19.1 Å². The van der Waals surface area contributed by atoms with E-state index < -0.39 is 42.1 Å². The molecule has 0 aliphatic heterocycles. The van der Waals surface area contributed by atoms with Crippen LogP contribution < -0.4 is 16.2 Å². The maximum atomic E-state index is 12.7. The van der Waals surface area contributed by atoms with Crippen LogP contribution in [0.3, 0.4) is 0 Å². The standard InChI is InChI=1S/C21H31N3O6/c1-21(2,3)10-11-22-24-16(13-17(25)26)19(28)23-15(18(27)20(29)30-4)12-14-8-6-5-7-9-14/h5-9,15-16,22,24H,10-13H2,1-4H3,(H,23,28)(H,25,26)/t15-,16-/m0/s1. The molecule has 0 aromatic heterocycles. The number of Topliss-reactive ketones (excluding diaryl/α,β-unsaturated/α-hetero) is 1. The van der Waals surface area contributed by atoms with Crippen molar-refractivity contribution in [2.24, 2.45) is 5.41 Å². The first kappa shape index (κ1) is 25.3. The Hall–Kier alpha value is -2.78. The Morgan fingerprint density at radius 1 is 1.07 bits per heavy atom. The number of carboxylic acids is 1. The number of hydrogen-bond acceptors (Lipinski definition) is 7. The Morgan fingerprint density at radius 3 is 2.23 bits per heavy atom. The molecular weight excluding hydrogens is 390 g/mol. The average molecular weight is 421 g/mol. The first-order valence-corrected chi connectivity index (χ1v) is 9.70. The molecule has 166 valence electrons. The van der Waals surface area contributed by atoms with E-state index in [9.17, 15) is 19.2 Å². The number of ether oxygens (including phenoxy) is 1.